The first kappa shape index (κ1) is 10.7. The second-order valence-corrected chi connectivity index (χ2v) is 2.75. The number of hydrogen-bond acceptors (Lipinski definition) is 4. The van der Waals surface area contributed by atoms with Gasteiger partial charge in [0, 0.05) is 12.1 Å². The van der Waals surface area contributed by atoms with Gasteiger partial charge in [0.05, 0.1) is 11.0 Å². The molecule has 1 rings (SSSR count). The zero-order chi connectivity index (χ0) is 11.4. The van der Waals surface area contributed by atoms with Crippen LogP contribution in [0.5, 0.6) is 0 Å². The van der Waals surface area contributed by atoms with Crippen molar-refractivity contribution in [1.82, 2.24) is 0 Å². The molecular weight excluding hydrogens is 200 g/mol. The summed E-state index contributed by atoms with van der Waals surface area (Å²) >= 11 is 0. The van der Waals surface area contributed by atoms with E-state index in [0.29, 0.717) is 0 Å². The van der Waals surface area contributed by atoms with Crippen molar-refractivity contribution in [2.24, 2.45) is 0 Å². The summed E-state index contributed by atoms with van der Waals surface area (Å²) in [5, 5.41) is 27.5. The number of hydrogen-bond donors (Lipinski definition) is 1. The normalized spacial score (nSPS) is 11.4. The minimum atomic E-state index is -1.29. The van der Waals surface area contributed by atoms with Crippen LogP contribution in [0.25, 0.3) is 0 Å². The van der Waals surface area contributed by atoms with Gasteiger partial charge in [-0.2, -0.15) is 5.26 Å². The van der Waals surface area contributed by atoms with Gasteiger partial charge in [-0.1, -0.05) is 12.1 Å². The summed E-state index contributed by atoms with van der Waals surface area (Å²) in [7, 11) is 0. The molecule has 6 nitrogen and oxygen atoms in total. The molecular formula is C9H6N2O4. The van der Waals surface area contributed by atoms with Crippen molar-refractivity contribution in [2.75, 3.05) is 0 Å². The number of rotatable bonds is 3. The van der Waals surface area contributed by atoms with Crippen molar-refractivity contribution in [1.29, 1.82) is 5.26 Å². The van der Waals surface area contributed by atoms with E-state index in [1.807, 2.05) is 0 Å². The molecule has 0 heterocycles. The van der Waals surface area contributed by atoms with Crippen LogP contribution in [0.4, 0.5) is 5.69 Å². The van der Waals surface area contributed by atoms with E-state index in [1.54, 1.807) is 6.07 Å². The van der Waals surface area contributed by atoms with Crippen LogP contribution in [-0.2, 0) is 4.79 Å². The van der Waals surface area contributed by atoms with Crippen molar-refractivity contribution in [2.45, 2.75) is 5.92 Å². The Hall–Kier alpha value is -2.42. The highest BCUT2D eigenvalue weighted by Gasteiger charge is 2.19. The molecule has 0 radical (unpaired) electrons. The lowest BCUT2D eigenvalue weighted by molar-refractivity contribution is -0.384. The lowest BCUT2D eigenvalue weighted by Gasteiger charge is -2.02. The molecule has 0 aliphatic rings. The van der Waals surface area contributed by atoms with Crippen LogP contribution in [0, 0.1) is 21.4 Å². The first-order chi connectivity index (χ1) is 7.06. The monoisotopic (exact) mass is 206 g/mol. The molecule has 1 N–H and O–H groups in total. The summed E-state index contributed by atoms with van der Waals surface area (Å²) < 4.78 is 0. The third kappa shape index (κ3) is 2.28. The number of nitrogens with zero attached hydrogens (tertiary/aromatic N) is 2. The highest BCUT2D eigenvalue weighted by molar-refractivity contribution is 5.79. The van der Waals surface area contributed by atoms with Gasteiger partial charge in [-0.25, -0.2) is 0 Å². The number of carbonyl (C=O) groups is 1. The smallest absolute Gasteiger partial charge is 0.325 e. The van der Waals surface area contributed by atoms with Crippen molar-refractivity contribution in [3.05, 3.63) is 39.9 Å². The predicted molar refractivity (Wildman–Crippen MR) is 49.1 cm³/mol. The molecule has 0 bridgehead atoms. The first-order valence-electron chi connectivity index (χ1n) is 3.93. The molecule has 6 heteroatoms. The topological polar surface area (TPSA) is 104 Å². The molecule has 0 fully saturated rings. The van der Waals surface area contributed by atoms with Crippen molar-refractivity contribution in [3.63, 3.8) is 0 Å². The van der Waals surface area contributed by atoms with Gasteiger partial charge in [0.1, 0.15) is 0 Å². The van der Waals surface area contributed by atoms with Gasteiger partial charge < -0.3 is 5.11 Å². The Bertz CT molecular complexity index is 432. The second kappa shape index (κ2) is 4.19. The van der Waals surface area contributed by atoms with Gasteiger partial charge >= 0.3 is 5.97 Å². The number of benzene rings is 1. The third-order valence-corrected chi connectivity index (χ3v) is 1.81. The molecule has 0 saturated heterocycles. The Morgan fingerprint density at radius 1 is 1.47 bits per heavy atom. The van der Waals surface area contributed by atoms with Crippen LogP contribution in [0.15, 0.2) is 24.3 Å². The summed E-state index contributed by atoms with van der Waals surface area (Å²) in [6, 6.07) is 6.46. The van der Waals surface area contributed by atoms with Gasteiger partial charge in [-0.15, -0.1) is 0 Å². The highest BCUT2D eigenvalue weighted by atomic mass is 16.6. The molecule has 0 aliphatic heterocycles. The Kier molecular flexibility index (Phi) is 2.98. The number of nitriles is 1. The molecule has 1 atom stereocenters. The molecule has 0 saturated carbocycles. The van der Waals surface area contributed by atoms with E-state index in [1.165, 1.54) is 24.3 Å². The molecule has 0 aromatic heterocycles. The Labute approximate surface area is 84.5 Å². The van der Waals surface area contributed by atoms with Gasteiger partial charge in [-0.3, -0.25) is 14.9 Å². The van der Waals surface area contributed by atoms with E-state index in [-0.39, 0.29) is 11.3 Å². The van der Waals surface area contributed by atoms with Gasteiger partial charge in [0.2, 0.25) is 0 Å². The van der Waals surface area contributed by atoms with E-state index in [4.69, 9.17) is 10.4 Å². The SMILES string of the molecule is N#C[C@@H](C(=O)O)c1ccc([N+](=O)[O-])cc1. The quantitative estimate of drug-likeness (QED) is 0.592. The fraction of sp³-hybridized carbons (Fsp3) is 0.111. The van der Waals surface area contributed by atoms with Crippen LogP contribution in [0.3, 0.4) is 0 Å². The average Bonchev–Trinajstić information content (AvgIpc) is 2.19. The summed E-state index contributed by atoms with van der Waals surface area (Å²) in [5.74, 6) is -2.56. The molecule has 76 valence electrons. The van der Waals surface area contributed by atoms with E-state index in [2.05, 4.69) is 0 Å². The summed E-state index contributed by atoms with van der Waals surface area (Å²) in [4.78, 5) is 20.3. The van der Waals surface area contributed by atoms with E-state index >= 15 is 0 Å². The number of nitro benzene ring substituents is 1. The maximum absolute atomic E-state index is 10.6. The zero-order valence-electron chi connectivity index (χ0n) is 7.45. The van der Waals surface area contributed by atoms with E-state index < -0.39 is 16.8 Å². The number of carboxylic acid groups (broad SMARTS) is 1. The van der Waals surface area contributed by atoms with E-state index in [0.717, 1.165) is 0 Å². The molecule has 0 unspecified atom stereocenters. The van der Waals surface area contributed by atoms with Crippen LogP contribution >= 0.6 is 0 Å². The van der Waals surface area contributed by atoms with Gasteiger partial charge in [0.25, 0.3) is 5.69 Å². The Morgan fingerprint density at radius 2 is 2.00 bits per heavy atom. The average molecular weight is 206 g/mol. The summed E-state index contributed by atoms with van der Waals surface area (Å²) in [5.41, 5.74) is 0.0939. The third-order valence-electron chi connectivity index (χ3n) is 1.81. The fourth-order valence-corrected chi connectivity index (χ4v) is 1.06. The van der Waals surface area contributed by atoms with Crippen LogP contribution in [0.1, 0.15) is 11.5 Å². The van der Waals surface area contributed by atoms with Crippen LogP contribution in [-0.4, -0.2) is 16.0 Å². The molecule has 0 spiro atoms. The number of aliphatic carboxylic acids is 1. The van der Waals surface area contributed by atoms with Crippen molar-refractivity contribution < 1.29 is 14.8 Å². The maximum Gasteiger partial charge on any atom is 0.325 e. The minimum absolute atomic E-state index is 0.138. The second-order valence-electron chi connectivity index (χ2n) is 2.75. The number of nitro groups is 1. The Morgan fingerprint density at radius 3 is 2.33 bits per heavy atom. The first-order valence-corrected chi connectivity index (χ1v) is 3.93. The largest absolute Gasteiger partial charge is 0.480 e. The predicted octanol–water partition coefficient (Wildman–Crippen LogP) is 1.29. The lowest BCUT2D eigenvalue weighted by Crippen LogP contribution is -2.09. The molecule has 1 aromatic carbocycles. The minimum Gasteiger partial charge on any atom is -0.480 e. The molecule has 0 aliphatic carbocycles. The fourth-order valence-electron chi connectivity index (χ4n) is 1.06. The zero-order valence-corrected chi connectivity index (χ0v) is 7.45. The molecule has 1 aromatic rings. The lowest BCUT2D eigenvalue weighted by atomic mass is 10.0. The maximum atomic E-state index is 10.6. The summed E-state index contributed by atoms with van der Waals surface area (Å²) in [6.07, 6.45) is 0. The standard InChI is InChI=1S/C9H6N2O4/c10-5-8(9(12)13)6-1-3-7(4-2-6)11(14)15/h1-4,8H,(H,12,13)/t8-/m1/s1. The van der Waals surface area contributed by atoms with Gasteiger partial charge in [0.15, 0.2) is 5.92 Å². The van der Waals surface area contributed by atoms with E-state index in [9.17, 15) is 14.9 Å². The van der Waals surface area contributed by atoms with Crippen molar-refractivity contribution >= 4 is 11.7 Å². The van der Waals surface area contributed by atoms with Crippen LogP contribution < -0.4 is 0 Å². The summed E-state index contributed by atoms with van der Waals surface area (Å²) in [6.45, 7) is 0. The van der Waals surface area contributed by atoms with Crippen LogP contribution in [0.2, 0.25) is 0 Å². The number of carboxylic acids is 1. The number of non-ortho nitro benzene ring substituents is 1. The molecule has 15 heavy (non-hydrogen) atoms. The molecule has 0 amide bonds. The Balaban J connectivity index is 3.03. The highest BCUT2D eigenvalue weighted by Crippen LogP contribution is 2.19. The van der Waals surface area contributed by atoms with Gasteiger partial charge in [-0.05, 0) is 5.56 Å². The van der Waals surface area contributed by atoms with Crippen molar-refractivity contribution in [3.8, 4) is 6.07 Å².